The number of fused-ring (bicyclic) bond motifs is 1. The highest BCUT2D eigenvalue weighted by Gasteiger charge is 2.18. The Labute approximate surface area is 150 Å². The third-order valence-corrected chi connectivity index (χ3v) is 3.99. The Balaban J connectivity index is 1.54. The maximum atomic E-state index is 13.2. The molecule has 3 aromatic rings. The lowest BCUT2D eigenvalue weighted by atomic mass is 9.97. The minimum Gasteiger partial charge on any atom is -0.364 e. The molecule has 136 valence electrons. The Kier molecular flexibility index (Phi) is 5.58. The van der Waals surface area contributed by atoms with E-state index in [9.17, 15) is 9.18 Å². The van der Waals surface area contributed by atoms with Crippen molar-refractivity contribution in [3.8, 4) is 0 Å². The summed E-state index contributed by atoms with van der Waals surface area (Å²) in [6.45, 7) is 4.12. The van der Waals surface area contributed by atoms with Crippen LogP contribution in [0.15, 0.2) is 42.7 Å². The standard InChI is InChI=1S/C19H21FN4O2/c1-12(2)19(13-4-3-7-21-9-13)24-18(25)11-26-10-17-22-15-6-5-14(20)8-16(15)23-17/h3-9,12,19H,10-11H2,1-2H3,(H,22,23)(H,24,25). The molecule has 0 spiro atoms. The van der Waals surface area contributed by atoms with Crippen LogP contribution in [-0.2, 0) is 16.1 Å². The molecule has 0 saturated heterocycles. The number of nitrogens with zero attached hydrogens (tertiary/aromatic N) is 2. The van der Waals surface area contributed by atoms with Gasteiger partial charge in [-0.2, -0.15) is 0 Å². The zero-order chi connectivity index (χ0) is 18.5. The average Bonchev–Trinajstić information content (AvgIpc) is 3.02. The highest BCUT2D eigenvalue weighted by atomic mass is 19.1. The number of ether oxygens (including phenoxy) is 1. The van der Waals surface area contributed by atoms with Gasteiger partial charge in [0.15, 0.2) is 0 Å². The number of nitrogens with one attached hydrogen (secondary N) is 2. The van der Waals surface area contributed by atoms with E-state index in [1.165, 1.54) is 12.1 Å². The summed E-state index contributed by atoms with van der Waals surface area (Å²) in [5, 5.41) is 2.97. The summed E-state index contributed by atoms with van der Waals surface area (Å²) in [4.78, 5) is 23.6. The van der Waals surface area contributed by atoms with Gasteiger partial charge >= 0.3 is 0 Å². The molecule has 0 aliphatic heterocycles. The van der Waals surface area contributed by atoms with Crippen LogP contribution in [-0.4, -0.2) is 27.5 Å². The number of pyridine rings is 1. The quantitative estimate of drug-likeness (QED) is 0.682. The molecule has 1 aromatic carbocycles. The van der Waals surface area contributed by atoms with Crippen LogP contribution < -0.4 is 5.32 Å². The maximum Gasteiger partial charge on any atom is 0.246 e. The predicted octanol–water partition coefficient (Wildman–Crippen LogP) is 3.13. The molecule has 2 heterocycles. The van der Waals surface area contributed by atoms with Crippen molar-refractivity contribution in [3.63, 3.8) is 0 Å². The Morgan fingerprint density at radius 3 is 2.92 bits per heavy atom. The largest absolute Gasteiger partial charge is 0.364 e. The van der Waals surface area contributed by atoms with Crippen molar-refractivity contribution in [2.45, 2.75) is 26.5 Å². The van der Waals surface area contributed by atoms with E-state index < -0.39 is 0 Å². The van der Waals surface area contributed by atoms with Gasteiger partial charge in [-0.15, -0.1) is 0 Å². The van der Waals surface area contributed by atoms with Crippen molar-refractivity contribution in [2.24, 2.45) is 5.92 Å². The molecule has 0 saturated carbocycles. The van der Waals surface area contributed by atoms with Crippen LogP contribution in [0.2, 0.25) is 0 Å². The fraction of sp³-hybridized carbons (Fsp3) is 0.316. The van der Waals surface area contributed by atoms with E-state index in [1.807, 2.05) is 26.0 Å². The van der Waals surface area contributed by atoms with Gasteiger partial charge in [-0.05, 0) is 35.7 Å². The van der Waals surface area contributed by atoms with E-state index in [0.29, 0.717) is 16.9 Å². The minimum atomic E-state index is -0.330. The van der Waals surface area contributed by atoms with E-state index in [0.717, 1.165) is 5.56 Å². The van der Waals surface area contributed by atoms with Crippen LogP contribution in [0.1, 0.15) is 31.3 Å². The molecule has 0 aliphatic carbocycles. The van der Waals surface area contributed by atoms with Crippen molar-refractivity contribution < 1.29 is 13.9 Å². The second kappa shape index (κ2) is 8.05. The van der Waals surface area contributed by atoms with E-state index in [2.05, 4.69) is 20.3 Å². The molecule has 1 unspecified atom stereocenters. The Morgan fingerprint density at radius 1 is 1.35 bits per heavy atom. The Bertz CT molecular complexity index is 880. The van der Waals surface area contributed by atoms with E-state index in [-0.39, 0.29) is 36.9 Å². The van der Waals surface area contributed by atoms with Crippen molar-refractivity contribution in [3.05, 3.63) is 59.9 Å². The molecule has 0 bridgehead atoms. The number of hydrogen-bond donors (Lipinski definition) is 2. The molecule has 3 rings (SSSR count). The number of H-pyrrole nitrogens is 1. The molecule has 0 aliphatic rings. The highest BCUT2D eigenvalue weighted by Crippen LogP contribution is 2.20. The SMILES string of the molecule is CC(C)C(NC(=O)COCc1nc2ccc(F)cc2[nH]1)c1cccnc1. The number of imidazole rings is 1. The lowest BCUT2D eigenvalue weighted by molar-refractivity contribution is -0.127. The Morgan fingerprint density at radius 2 is 2.19 bits per heavy atom. The van der Waals surface area contributed by atoms with E-state index >= 15 is 0 Å². The van der Waals surface area contributed by atoms with Gasteiger partial charge in [0.1, 0.15) is 24.9 Å². The minimum absolute atomic E-state index is 0.0884. The number of amides is 1. The predicted molar refractivity (Wildman–Crippen MR) is 95.7 cm³/mol. The smallest absolute Gasteiger partial charge is 0.246 e. The average molecular weight is 356 g/mol. The van der Waals surface area contributed by atoms with Crippen molar-refractivity contribution in [1.82, 2.24) is 20.3 Å². The van der Waals surface area contributed by atoms with Crippen LogP contribution >= 0.6 is 0 Å². The number of rotatable bonds is 7. The number of benzene rings is 1. The normalized spacial score (nSPS) is 12.5. The molecule has 7 heteroatoms. The second-order valence-corrected chi connectivity index (χ2v) is 6.41. The molecule has 2 N–H and O–H groups in total. The third kappa shape index (κ3) is 4.43. The number of hydrogen-bond acceptors (Lipinski definition) is 4. The van der Waals surface area contributed by atoms with Crippen molar-refractivity contribution in [1.29, 1.82) is 0 Å². The van der Waals surface area contributed by atoms with Crippen LogP contribution in [0.5, 0.6) is 0 Å². The number of carbonyl (C=O) groups is 1. The first-order valence-electron chi connectivity index (χ1n) is 8.44. The fourth-order valence-electron chi connectivity index (χ4n) is 2.75. The fourth-order valence-corrected chi connectivity index (χ4v) is 2.75. The summed E-state index contributed by atoms with van der Waals surface area (Å²) in [6.07, 6.45) is 3.45. The number of carbonyl (C=O) groups excluding carboxylic acids is 1. The number of aromatic amines is 1. The van der Waals surface area contributed by atoms with Gasteiger partial charge in [0.25, 0.3) is 0 Å². The van der Waals surface area contributed by atoms with Crippen molar-refractivity contribution >= 4 is 16.9 Å². The second-order valence-electron chi connectivity index (χ2n) is 6.41. The van der Waals surface area contributed by atoms with Gasteiger partial charge in [-0.1, -0.05) is 19.9 Å². The third-order valence-electron chi connectivity index (χ3n) is 3.99. The topological polar surface area (TPSA) is 79.9 Å². The summed E-state index contributed by atoms with van der Waals surface area (Å²) in [5.74, 6) is 0.220. The van der Waals surface area contributed by atoms with Gasteiger partial charge < -0.3 is 15.0 Å². The Hall–Kier alpha value is -2.80. The molecular formula is C19H21FN4O2. The molecule has 0 radical (unpaired) electrons. The van der Waals surface area contributed by atoms with Crippen molar-refractivity contribution in [2.75, 3.05) is 6.61 Å². The molecule has 1 amide bonds. The van der Waals surface area contributed by atoms with E-state index in [4.69, 9.17) is 4.74 Å². The molecule has 2 aromatic heterocycles. The summed E-state index contributed by atoms with van der Waals surface area (Å²) in [6, 6.07) is 7.97. The number of aromatic nitrogens is 3. The molecular weight excluding hydrogens is 335 g/mol. The van der Waals surface area contributed by atoms with Gasteiger partial charge in [-0.25, -0.2) is 9.37 Å². The molecule has 6 nitrogen and oxygen atoms in total. The lowest BCUT2D eigenvalue weighted by Crippen LogP contribution is -2.34. The zero-order valence-corrected chi connectivity index (χ0v) is 14.7. The molecule has 1 atom stereocenters. The highest BCUT2D eigenvalue weighted by molar-refractivity contribution is 5.77. The lowest BCUT2D eigenvalue weighted by Gasteiger charge is -2.22. The van der Waals surface area contributed by atoms with Gasteiger partial charge in [-0.3, -0.25) is 9.78 Å². The summed E-state index contributed by atoms with van der Waals surface area (Å²) in [7, 11) is 0. The summed E-state index contributed by atoms with van der Waals surface area (Å²) >= 11 is 0. The molecule has 26 heavy (non-hydrogen) atoms. The van der Waals surface area contributed by atoms with Crippen LogP contribution in [0, 0.1) is 11.7 Å². The summed E-state index contributed by atoms with van der Waals surface area (Å²) < 4.78 is 18.6. The zero-order valence-electron chi connectivity index (χ0n) is 14.7. The molecule has 0 fully saturated rings. The summed E-state index contributed by atoms with van der Waals surface area (Å²) in [5.41, 5.74) is 2.21. The van der Waals surface area contributed by atoms with Crippen LogP contribution in [0.25, 0.3) is 11.0 Å². The van der Waals surface area contributed by atoms with E-state index in [1.54, 1.807) is 18.5 Å². The first kappa shape index (κ1) is 18.0. The number of halogens is 1. The maximum absolute atomic E-state index is 13.2. The monoisotopic (exact) mass is 356 g/mol. The van der Waals surface area contributed by atoms with Crippen LogP contribution in [0.3, 0.4) is 0 Å². The van der Waals surface area contributed by atoms with Gasteiger partial charge in [0, 0.05) is 12.4 Å². The van der Waals surface area contributed by atoms with Gasteiger partial charge in [0.2, 0.25) is 5.91 Å². The first-order chi connectivity index (χ1) is 12.5. The van der Waals surface area contributed by atoms with Crippen LogP contribution in [0.4, 0.5) is 4.39 Å². The first-order valence-corrected chi connectivity index (χ1v) is 8.44. The van der Waals surface area contributed by atoms with Gasteiger partial charge in [0.05, 0.1) is 17.1 Å².